The highest BCUT2D eigenvalue weighted by molar-refractivity contribution is 7.98. The fourth-order valence-corrected chi connectivity index (χ4v) is 4.62. The lowest BCUT2D eigenvalue weighted by atomic mass is 10.1. The highest BCUT2D eigenvalue weighted by Crippen LogP contribution is 2.42. The molecule has 0 bridgehead atoms. The van der Waals surface area contributed by atoms with Gasteiger partial charge >= 0.3 is 5.97 Å². The Balaban J connectivity index is 1.83. The lowest BCUT2D eigenvalue weighted by molar-refractivity contribution is -0.145. The molecule has 0 aliphatic heterocycles. The highest BCUT2D eigenvalue weighted by Gasteiger charge is 2.26. The van der Waals surface area contributed by atoms with Crippen LogP contribution in [0.25, 0.3) is 34.0 Å². The third-order valence-corrected chi connectivity index (χ3v) is 6.42. The number of nitrogens with zero attached hydrogens (tertiary/aromatic N) is 4. The molecule has 0 atom stereocenters. The van der Waals surface area contributed by atoms with Crippen LogP contribution < -0.4 is 9.47 Å². The zero-order valence-corrected chi connectivity index (χ0v) is 23.5. The molecule has 2 aromatic heterocycles. The zero-order chi connectivity index (χ0) is 27.9. The van der Waals surface area contributed by atoms with Gasteiger partial charge in [-0.2, -0.15) is 4.73 Å². The van der Waals surface area contributed by atoms with E-state index in [-0.39, 0.29) is 47.2 Å². The molecular formula is C26H24Cl2N4O6S. The molecule has 0 fully saturated rings. The van der Waals surface area contributed by atoms with Crippen molar-refractivity contribution in [3.63, 3.8) is 0 Å². The Hall–Kier alpha value is -3.51. The number of carbonyl (C=O) groups excluding carboxylic acids is 1. The Kier molecular flexibility index (Phi) is 9.52. The molecule has 2 aromatic carbocycles. The van der Waals surface area contributed by atoms with Crippen molar-refractivity contribution in [3.05, 3.63) is 58.7 Å². The van der Waals surface area contributed by atoms with Gasteiger partial charge in [-0.15, -0.1) is 0 Å². The molecule has 0 saturated heterocycles. The summed E-state index contributed by atoms with van der Waals surface area (Å²) in [6.07, 6.45) is 3.45. The van der Waals surface area contributed by atoms with Gasteiger partial charge in [0.2, 0.25) is 0 Å². The molecule has 0 aliphatic rings. The molecule has 0 aliphatic carbocycles. The summed E-state index contributed by atoms with van der Waals surface area (Å²) in [5, 5.41) is 12.2. The molecule has 0 amide bonds. The Morgan fingerprint density at radius 2 is 1.85 bits per heavy atom. The van der Waals surface area contributed by atoms with Gasteiger partial charge < -0.3 is 24.2 Å². The van der Waals surface area contributed by atoms with Crippen LogP contribution in [-0.2, 0) is 14.3 Å². The van der Waals surface area contributed by atoms with Gasteiger partial charge in [-0.25, -0.2) is 19.7 Å². The Morgan fingerprint density at radius 1 is 1.08 bits per heavy atom. The predicted octanol–water partition coefficient (Wildman–Crippen LogP) is 5.86. The van der Waals surface area contributed by atoms with Crippen LogP contribution in [0.5, 0.6) is 11.5 Å². The lowest BCUT2D eigenvalue weighted by Gasteiger charge is -2.11. The average molecular weight is 591 g/mol. The van der Waals surface area contributed by atoms with Gasteiger partial charge in [0, 0.05) is 18.9 Å². The molecule has 0 saturated carbocycles. The molecule has 39 heavy (non-hydrogen) atoms. The SMILES string of the molecule is CCOC(=O)COc1cc(Cl)c(-c2nc(-c3cccc(OCOC)c3)c(-c3ccnc(SC)n3)n2O)c(Cl)c1. The lowest BCUT2D eigenvalue weighted by Crippen LogP contribution is -2.14. The van der Waals surface area contributed by atoms with Gasteiger partial charge in [-0.05, 0) is 43.5 Å². The summed E-state index contributed by atoms with van der Waals surface area (Å²) in [6, 6.07) is 11.8. The van der Waals surface area contributed by atoms with Crippen molar-refractivity contribution in [1.82, 2.24) is 19.7 Å². The summed E-state index contributed by atoms with van der Waals surface area (Å²) in [7, 11) is 1.53. The topological polar surface area (TPSA) is 118 Å². The second kappa shape index (κ2) is 13.0. The van der Waals surface area contributed by atoms with E-state index in [1.807, 2.05) is 12.3 Å². The van der Waals surface area contributed by atoms with Gasteiger partial charge in [-0.3, -0.25) is 0 Å². The largest absolute Gasteiger partial charge is 0.482 e. The number of esters is 1. The molecule has 204 valence electrons. The van der Waals surface area contributed by atoms with Gasteiger partial charge in [0.05, 0.1) is 27.9 Å². The summed E-state index contributed by atoms with van der Waals surface area (Å²) in [6.45, 7) is 1.69. The normalized spacial score (nSPS) is 10.9. The van der Waals surface area contributed by atoms with Crippen molar-refractivity contribution in [2.24, 2.45) is 0 Å². The number of benzene rings is 2. The number of hydrogen-bond acceptors (Lipinski definition) is 10. The smallest absolute Gasteiger partial charge is 0.344 e. The number of thioether (sulfide) groups is 1. The van der Waals surface area contributed by atoms with Crippen molar-refractivity contribution < 1.29 is 28.9 Å². The quantitative estimate of drug-likeness (QED) is 0.0747. The molecule has 13 heteroatoms. The molecular weight excluding hydrogens is 567 g/mol. The molecule has 0 radical (unpaired) electrons. The third kappa shape index (κ3) is 6.56. The van der Waals surface area contributed by atoms with E-state index in [4.69, 9.17) is 47.1 Å². The van der Waals surface area contributed by atoms with E-state index in [2.05, 4.69) is 9.97 Å². The fourth-order valence-electron chi connectivity index (χ4n) is 3.63. The Labute approximate surface area is 238 Å². The van der Waals surface area contributed by atoms with E-state index in [1.165, 1.54) is 31.0 Å². The van der Waals surface area contributed by atoms with Crippen molar-refractivity contribution in [3.8, 4) is 45.5 Å². The van der Waals surface area contributed by atoms with E-state index in [0.717, 1.165) is 4.73 Å². The summed E-state index contributed by atoms with van der Waals surface area (Å²) in [5.74, 6) is 0.336. The minimum Gasteiger partial charge on any atom is -0.482 e. The number of halogens is 2. The maximum atomic E-state index is 11.7. The van der Waals surface area contributed by atoms with E-state index in [1.54, 1.807) is 37.4 Å². The first kappa shape index (κ1) is 28.5. The van der Waals surface area contributed by atoms with Crippen molar-refractivity contribution in [2.75, 3.05) is 33.4 Å². The number of carbonyl (C=O) groups is 1. The second-order valence-electron chi connectivity index (χ2n) is 7.81. The minimum absolute atomic E-state index is 0.0643. The maximum absolute atomic E-state index is 11.7. The average Bonchev–Trinajstić information content (AvgIpc) is 3.27. The predicted molar refractivity (Wildman–Crippen MR) is 148 cm³/mol. The van der Waals surface area contributed by atoms with E-state index >= 15 is 0 Å². The molecule has 0 unspecified atom stereocenters. The van der Waals surface area contributed by atoms with Crippen LogP contribution >= 0.6 is 35.0 Å². The summed E-state index contributed by atoms with van der Waals surface area (Å²) < 4.78 is 21.8. The molecule has 1 N–H and O–H groups in total. The molecule has 10 nitrogen and oxygen atoms in total. The second-order valence-corrected chi connectivity index (χ2v) is 9.40. The summed E-state index contributed by atoms with van der Waals surface area (Å²) >= 11 is 14.5. The summed E-state index contributed by atoms with van der Waals surface area (Å²) in [5.41, 5.74) is 2.01. The van der Waals surface area contributed by atoms with Crippen LogP contribution in [0.3, 0.4) is 0 Å². The van der Waals surface area contributed by atoms with Crippen LogP contribution in [0.15, 0.2) is 53.8 Å². The van der Waals surface area contributed by atoms with Crippen LogP contribution in [0.1, 0.15) is 6.92 Å². The first-order chi connectivity index (χ1) is 18.9. The van der Waals surface area contributed by atoms with E-state index in [0.29, 0.717) is 33.6 Å². The van der Waals surface area contributed by atoms with E-state index < -0.39 is 5.97 Å². The molecule has 2 heterocycles. The van der Waals surface area contributed by atoms with Crippen molar-refractivity contribution in [1.29, 1.82) is 0 Å². The monoisotopic (exact) mass is 590 g/mol. The third-order valence-electron chi connectivity index (χ3n) is 5.27. The molecule has 0 spiro atoms. The fraction of sp³-hybridized carbons (Fsp3) is 0.231. The van der Waals surface area contributed by atoms with Crippen molar-refractivity contribution >= 4 is 40.9 Å². The van der Waals surface area contributed by atoms with E-state index in [9.17, 15) is 10.0 Å². The first-order valence-corrected chi connectivity index (χ1v) is 13.5. The van der Waals surface area contributed by atoms with Gasteiger partial charge in [-0.1, -0.05) is 47.1 Å². The van der Waals surface area contributed by atoms with Gasteiger partial charge in [0.1, 0.15) is 22.9 Å². The number of imidazole rings is 1. The van der Waals surface area contributed by atoms with Gasteiger partial charge in [0.15, 0.2) is 24.4 Å². The number of methoxy groups -OCH3 is 1. The molecule has 4 rings (SSSR count). The van der Waals surface area contributed by atoms with Crippen LogP contribution in [0, 0.1) is 0 Å². The number of ether oxygens (including phenoxy) is 4. The Morgan fingerprint density at radius 3 is 2.54 bits per heavy atom. The standard InChI is InChI=1S/C26H24Cl2N4O6S/c1-4-36-21(33)13-37-17-11-18(27)22(19(28)12-17)25-31-23(15-6-5-7-16(10-15)38-14-35-2)24(32(25)34)20-8-9-29-26(30-20)39-3/h5-12,34H,4,13-14H2,1-3H3. The number of aromatic nitrogens is 4. The van der Waals surface area contributed by atoms with Crippen molar-refractivity contribution in [2.45, 2.75) is 12.1 Å². The summed E-state index contributed by atoms with van der Waals surface area (Å²) in [4.78, 5) is 25.2. The maximum Gasteiger partial charge on any atom is 0.344 e. The highest BCUT2D eigenvalue weighted by atomic mass is 35.5. The Bertz CT molecular complexity index is 1460. The van der Waals surface area contributed by atoms with Crippen LogP contribution in [0.2, 0.25) is 10.0 Å². The minimum atomic E-state index is -0.528. The van der Waals surface area contributed by atoms with Crippen LogP contribution in [0.4, 0.5) is 0 Å². The number of rotatable bonds is 11. The van der Waals surface area contributed by atoms with Crippen LogP contribution in [-0.4, -0.2) is 64.2 Å². The number of hydrogen-bond donors (Lipinski definition) is 1. The molecule has 4 aromatic rings. The van der Waals surface area contributed by atoms with Gasteiger partial charge in [0.25, 0.3) is 0 Å². The first-order valence-electron chi connectivity index (χ1n) is 11.6. The zero-order valence-electron chi connectivity index (χ0n) is 21.2.